The van der Waals surface area contributed by atoms with E-state index in [0.29, 0.717) is 63.0 Å². The number of carbonyl (C=O) groups is 8. The van der Waals surface area contributed by atoms with Gasteiger partial charge in [-0.25, -0.2) is 28.7 Å². The van der Waals surface area contributed by atoms with Crippen LogP contribution in [0, 0.1) is 30.5 Å². The van der Waals surface area contributed by atoms with Gasteiger partial charge in [0.15, 0.2) is 39.2 Å². The Morgan fingerprint density at radius 3 is 2.38 bits per heavy atom. The topological polar surface area (TPSA) is 344 Å². The highest BCUT2D eigenvalue weighted by atomic mass is 32.1. The number of thiazole rings is 2. The molecular formula is C64H75FN14O13S2. The first kappa shape index (κ1) is 70.2. The molecule has 0 radical (unpaired) electrons. The first-order valence-corrected chi connectivity index (χ1v) is 31.9. The standard InChI is InChI=1S/C64H75FN14O13S2/c1-38(2)54(71-51(80)25-31-89-32-29-78-52(81)23-24-53(78)82)59(84)69-47(14-9-26-67-61(66)87)58(83)68-42-20-17-41(18-21-42)37-92-64(88)77(6)28-33-90-43-35-44-39(3)56(73-62-70-46-13-7-8-15-49(46)93-62)74-75-57(44)79(36-43)63-72-55(60(85)86)50(94-63)16-11-30-91-48-22-19-40(34-45(48)65)12-10-27-76(4)5/h7-8,13,15,17-24,34,38,43,47,54H,9,11,14,16,25-33,35-37H2,1-6H3,(H,68,83)(H,69,84)(H,71,80)(H,85,86)(H3,66,67,87)(H,70,73,74)/t43?,47-,54-/m0/s1. The average molecular weight is 1330 g/mol. The van der Waals surface area contributed by atoms with Crippen LogP contribution in [0.2, 0.25) is 0 Å². The third kappa shape index (κ3) is 19.9. The van der Waals surface area contributed by atoms with Crippen molar-refractivity contribution in [3.63, 3.8) is 0 Å². The molecule has 498 valence electrons. The Hall–Kier alpha value is -9.67. The molecule has 6 aromatic rings. The van der Waals surface area contributed by atoms with E-state index >= 15 is 0 Å². The molecule has 2 aliphatic rings. The number of fused-ring (bicyclic) bond motifs is 2. The van der Waals surface area contributed by atoms with Crippen LogP contribution >= 0.6 is 22.7 Å². The molecule has 5 heterocycles. The normalized spacial score (nSPS) is 14.1. The van der Waals surface area contributed by atoms with Gasteiger partial charge in [-0.05, 0) is 101 Å². The summed E-state index contributed by atoms with van der Waals surface area (Å²) in [6.07, 6.45) is 2.39. The van der Waals surface area contributed by atoms with Gasteiger partial charge in [0.1, 0.15) is 18.7 Å². The minimum absolute atomic E-state index is 0.0122. The number of ether oxygens (including phenoxy) is 4. The molecule has 0 saturated carbocycles. The molecule has 94 heavy (non-hydrogen) atoms. The number of hydrogen-bond acceptors (Lipinski definition) is 21. The van der Waals surface area contributed by atoms with Gasteiger partial charge in [-0.15, -0.1) is 21.5 Å². The predicted molar refractivity (Wildman–Crippen MR) is 350 cm³/mol. The van der Waals surface area contributed by atoms with Crippen molar-refractivity contribution < 1.29 is 66.8 Å². The predicted octanol–water partition coefficient (Wildman–Crippen LogP) is 6.05. The highest BCUT2D eigenvalue weighted by molar-refractivity contribution is 7.22. The van der Waals surface area contributed by atoms with Gasteiger partial charge < -0.3 is 61.3 Å². The van der Waals surface area contributed by atoms with Crippen molar-refractivity contribution in [3.05, 3.63) is 118 Å². The molecular weight excluding hydrogens is 1260 g/mol. The van der Waals surface area contributed by atoms with Crippen LogP contribution in [0.1, 0.15) is 77.2 Å². The summed E-state index contributed by atoms with van der Waals surface area (Å²) in [7, 11) is 5.35. The quantitative estimate of drug-likeness (QED) is 0.0144. The number of nitrogens with one attached hydrogen (secondary N) is 5. The zero-order valence-corrected chi connectivity index (χ0v) is 54.5. The molecule has 8 rings (SSSR count). The highest BCUT2D eigenvalue weighted by Crippen LogP contribution is 2.40. The zero-order valence-electron chi connectivity index (χ0n) is 52.8. The number of imide groups is 1. The Balaban J connectivity index is 0.853. The minimum Gasteiger partial charge on any atom is -0.491 e. The lowest BCUT2D eigenvalue weighted by atomic mass is 9.99. The molecule has 8 N–H and O–H groups in total. The summed E-state index contributed by atoms with van der Waals surface area (Å²) in [4.78, 5) is 117. The Labute approximate surface area is 549 Å². The number of amides is 8. The van der Waals surface area contributed by atoms with Crippen LogP contribution in [0.15, 0.2) is 78.9 Å². The van der Waals surface area contributed by atoms with E-state index in [1.54, 1.807) is 56.1 Å². The van der Waals surface area contributed by atoms with Crippen LogP contribution in [0.5, 0.6) is 5.75 Å². The van der Waals surface area contributed by atoms with Crippen LogP contribution in [-0.2, 0) is 57.6 Å². The molecule has 0 aliphatic carbocycles. The van der Waals surface area contributed by atoms with Gasteiger partial charge in [-0.3, -0.25) is 38.7 Å². The van der Waals surface area contributed by atoms with E-state index in [9.17, 15) is 47.9 Å². The Morgan fingerprint density at radius 1 is 0.904 bits per heavy atom. The largest absolute Gasteiger partial charge is 0.491 e. The fourth-order valence-corrected chi connectivity index (χ4v) is 11.7. The number of hydrogen-bond donors (Lipinski definition) is 7. The van der Waals surface area contributed by atoms with Gasteiger partial charge in [0, 0.05) is 72.4 Å². The number of carboxylic acids is 1. The second-order valence-electron chi connectivity index (χ2n) is 22.6. The SMILES string of the molecule is Cc1c(Nc2nc3ccccc3s2)nnc2c1CC(OCCN(C)C(=O)OCc1ccc(NC(=O)[C@H](CCCNC(N)=O)NC(=O)[C@@H](NC(=O)CCOCCN3C(=O)C=CC3=O)C(C)C)cc1)CN2c1nc(C(=O)O)c(CCCOc2ccc(C#CCN(C)C)cc2F)s1. The summed E-state index contributed by atoms with van der Waals surface area (Å²) in [5, 5.41) is 34.6. The number of nitrogens with two attached hydrogens (primary N) is 1. The lowest BCUT2D eigenvalue weighted by Gasteiger charge is -2.34. The Bertz CT molecular complexity index is 3760. The second kappa shape index (κ2) is 33.8. The number of anilines is 5. The number of rotatable bonds is 32. The minimum atomic E-state index is -1.22. The number of aromatic carboxylic acids is 1. The summed E-state index contributed by atoms with van der Waals surface area (Å²) in [6.45, 7) is 6.36. The third-order valence-corrected chi connectivity index (χ3v) is 16.9. The summed E-state index contributed by atoms with van der Waals surface area (Å²) in [6, 6.07) is 15.9. The Morgan fingerprint density at radius 2 is 1.67 bits per heavy atom. The van der Waals surface area contributed by atoms with Crippen LogP contribution in [0.3, 0.4) is 0 Å². The number of nitrogens with zero attached hydrogens (tertiary/aromatic N) is 8. The number of primary amides is 1. The van der Waals surface area contributed by atoms with Crippen molar-refractivity contribution in [1.29, 1.82) is 0 Å². The van der Waals surface area contributed by atoms with Crippen molar-refractivity contribution >= 4 is 108 Å². The molecule has 0 bridgehead atoms. The van der Waals surface area contributed by atoms with Gasteiger partial charge in [-0.2, -0.15) is 0 Å². The van der Waals surface area contributed by atoms with Crippen molar-refractivity contribution in [2.24, 2.45) is 11.7 Å². The van der Waals surface area contributed by atoms with Crippen LogP contribution in [-0.4, -0.2) is 186 Å². The van der Waals surface area contributed by atoms with Crippen LogP contribution < -0.4 is 42.0 Å². The number of aryl methyl sites for hydroxylation is 1. The molecule has 1 unspecified atom stereocenters. The van der Waals surface area contributed by atoms with Crippen LogP contribution in [0.4, 0.5) is 41.6 Å². The smallest absolute Gasteiger partial charge is 0.409 e. The van der Waals surface area contributed by atoms with E-state index in [0.717, 1.165) is 38.4 Å². The number of urea groups is 1. The van der Waals surface area contributed by atoms with E-state index in [1.807, 2.05) is 50.2 Å². The van der Waals surface area contributed by atoms with Crippen molar-refractivity contribution in [2.75, 3.05) is 95.8 Å². The third-order valence-electron chi connectivity index (χ3n) is 14.8. The number of aromatic nitrogens is 4. The first-order valence-electron chi connectivity index (χ1n) is 30.3. The number of carboxylic acid groups (broad SMARTS) is 1. The van der Waals surface area contributed by atoms with E-state index < -0.39 is 77.6 Å². The molecule has 0 fully saturated rings. The number of benzene rings is 3. The fraction of sp³-hybridized carbons (Fsp3) is 0.406. The number of para-hydroxylation sites is 1. The molecule has 2 aliphatic heterocycles. The monoisotopic (exact) mass is 1330 g/mol. The van der Waals surface area contributed by atoms with Gasteiger partial charge >= 0.3 is 18.1 Å². The van der Waals surface area contributed by atoms with E-state index in [2.05, 4.69) is 53.6 Å². The van der Waals surface area contributed by atoms with Gasteiger partial charge in [0.25, 0.3) is 11.8 Å². The van der Waals surface area contributed by atoms with E-state index in [4.69, 9.17) is 29.7 Å². The zero-order chi connectivity index (χ0) is 67.4. The van der Waals surface area contributed by atoms with Gasteiger partial charge in [0.05, 0.1) is 62.4 Å². The molecule has 30 heteroatoms. The van der Waals surface area contributed by atoms with Gasteiger partial charge in [0.2, 0.25) is 17.7 Å². The maximum atomic E-state index is 15.0. The fourth-order valence-electron chi connectivity index (χ4n) is 9.73. The summed E-state index contributed by atoms with van der Waals surface area (Å²) in [5.74, 6) is 2.11. The Kier molecular flexibility index (Phi) is 25.2. The lowest BCUT2D eigenvalue weighted by molar-refractivity contribution is -0.138. The van der Waals surface area contributed by atoms with E-state index in [-0.39, 0.29) is 96.3 Å². The van der Waals surface area contributed by atoms with Crippen molar-refractivity contribution in [2.45, 2.75) is 84.1 Å². The van der Waals surface area contributed by atoms with Gasteiger partial charge in [-0.1, -0.05) is 61.3 Å². The maximum Gasteiger partial charge on any atom is 0.409 e. The maximum absolute atomic E-state index is 15.0. The molecule has 0 saturated heterocycles. The molecule has 3 aromatic heterocycles. The number of likely N-dealkylation sites (N-methyl/N-ethyl adjacent to an activating group) is 1. The molecule has 0 spiro atoms. The number of halogens is 1. The average Bonchev–Trinajstić information content (AvgIpc) is 1.31. The number of carbonyl (C=O) groups excluding carboxylic acids is 7. The van der Waals surface area contributed by atoms with Crippen molar-refractivity contribution in [1.82, 2.24) is 50.8 Å². The van der Waals surface area contributed by atoms with Crippen molar-refractivity contribution in [3.8, 4) is 17.6 Å². The van der Waals surface area contributed by atoms with Crippen LogP contribution in [0.25, 0.3) is 10.2 Å². The first-order chi connectivity index (χ1) is 45.1. The molecule has 3 atom stereocenters. The summed E-state index contributed by atoms with van der Waals surface area (Å²) in [5.41, 5.74) is 8.92. The summed E-state index contributed by atoms with van der Waals surface area (Å²) < 4.78 is 39.3. The highest BCUT2D eigenvalue weighted by Gasteiger charge is 2.34. The molecule has 8 amide bonds. The molecule has 27 nitrogen and oxygen atoms in total. The second-order valence-corrected chi connectivity index (χ2v) is 24.7. The summed E-state index contributed by atoms with van der Waals surface area (Å²) >= 11 is 2.65. The van der Waals surface area contributed by atoms with E-state index in [1.165, 1.54) is 39.7 Å². The molecule has 3 aromatic carbocycles. The lowest BCUT2D eigenvalue weighted by Crippen LogP contribution is -2.54.